The summed E-state index contributed by atoms with van der Waals surface area (Å²) in [4.78, 5) is 0. The van der Waals surface area contributed by atoms with E-state index in [1.807, 2.05) is 27.7 Å². The Morgan fingerprint density at radius 3 is 2.35 bits per heavy atom. The second kappa shape index (κ2) is 4.56. The van der Waals surface area contributed by atoms with Gasteiger partial charge in [-0.25, -0.2) is 8.42 Å². The monoisotopic (exact) mass is 257 g/mol. The van der Waals surface area contributed by atoms with Crippen LogP contribution in [-0.4, -0.2) is 19.3 Å². The molecule has 1 rings (SSSR count). The minimum absolute atomic E-state index is 0.00726. The van der Waals surface area contributed by atoms with Gasteiger partial charge in [0.2, 0.25) is 10.0 Å². The van der Waals surface area contributed by atoms with Crippen molar-refractivity contribution in [1.82, 2.24) is 0 Å². The van der Waals surface area contributed by atoms with Crippen molar-refractivity contribution in [3.05, 3.63) is 23.8 Å². The van der Waals surface area contributed by atoms with E-state index >= 15 is 0 Å². The molecule has 1 aromatic carbocycles. The number of nitrogens with one attached hydrogen (secondary N) is 1. The summed E-state index contributed by atoms with van der Waals surface area (Å²) in [6, 6.07) is 4.83. The molecule has 5 heteroatoms. The van der Waals surface area contributed by atoms with Crippen molar-refractivity contribution in [2.75, 3.05) is 10.5 Å². The van der Waals surface area contributed by atoms with E-state index in [9.17, 15) is 13.5 Å². The molecule has 0 aliphatic heterocycles. The van der Waals surface area contributed by atoms with Crippen LogP contribution >= 0.6 is 0 Å². The van der Waals surface area contributed by atoms with E-state index in [4.69, 9.17) is 0 Å². The lowest BCUT2D eigenvalue weighted by molar-refractivity contribution is 0.462. The maximum Gasteiger partial charge on any atom is 0.233 e. The summed E-state index contributed by atoms with van der Waals surface area (Å²) in [6.07, 6.45) is 0. The summed E-state index contributed by atoms with van der Waals surface area (Å²) in [7, 11) is -3.44. The lowest BCUT2D eigenvalue weighted by atomic mass is 10.0. The van der Waals surface area contributed by atoms with Crippen LogP contribution in [0.25, 0.3) is 0 Å². The van der Waals surface area contributed by atoms with Gasteiger partial charge in [-0.05, 0) is 30.0 Å². The molecule has 0 saturated heterocycles. The average Bonchev–Trinajstić information content (AvgIpc) is 2.05. The van der Waals surface area contributed by atoms with Crippen molar-refractivity contribution in [3.8, 4) is 5.75 Å². The molecule has 17 heavy (non-hydrogen) atoms. The zero-order valence-corrected chi connectivity index (χ0v) is 11.4. The third kappa shape index (κ3) is 4.65. The summed E-state index contributed by atoms with van der Waals surface area (Å²) in [5, 5.41) is 9.63. The van der Waals surface area contributed by atoms with Gasteiger partial charge in [-0.2, -0.15) is 0 Å². The molecule has 0 aliphatic rings. The van der Waals surface area contributed by atoms with E-state index < -0.39 is 10.0 Å². The zero-order valence-electron chi connectivity index (χ0n) is 10.6. The maximum absolute atomic E-state index is 11.8. The van der Waals surface area contributed by atoms with Gasteiger partial charge in [-0.1, -0.05) is 26.8 Å². The first-order chi connectivity index (χ1) is 7.59. The Labute approximate surface area is 103 Å². The van der Waals surface area contributed by atoms with Crippen LogP contribution in [0.5, 0.6) is 5.75 Å². The number of rotatable bonds is 3. The van der Waals surface area contributed by atoms with Gasteiger partial charge in [0.1, 0.15) is 5.75 Å². The number of benzene rings is 1. The molecular formula is C12H19NO3S. The third-order valence-electron chi connectivity index (χ3n) is 2.04. The van der Waals surface area contributed by atoms with Gasteiger partial charge in [-0.3, -0.25) is 4.72 Å². The van der Waals surface area contributed by atoms with Gasteiger partial charge >= 0.3 is 0 Å². The van der Waals surface area contributed by atoms with Gasteiger partial charge in [-0.15, -0.1) is 0 Å². The van der Waals surface area contributed by atoms with E-state index in [1.54, 1.807) is 12.1 Å². The van der Waals surface area contributed by atoms with E-state index in [0.29, 0.717) is 0 Å². The summed E-state index contributed by atoms with van der Waals surface area (Å²) >= 11 is 0. The lowest BCUT2D eigenvalue weighted by Crippen LogP contribution is -2.26. The number of anilines is 1. The summed E-state index contributed by atoms with van der Waals surface area (Å²) < 4.78 is 26.1. The molecule has 0 fully saturated rings. The van der Waals surface area contributed by atoms with Crippen molar-refractivity contribution >= 4 is 15.7 Å². The molecule has 0 spiro atoms. The second-order valence-corrected chi connectivity index (χ2v) is 7.16. The maximum atomic E-state index is 11.8. The number of hydrogen-bond acceptors (Lipinski definition) is 3. The van der Waals surface area contributed by atoms with Crippen LogP contribution in [0.2, 0.25) is 0 Å². The average molecular weight is 257 g/mol. The van der Waals surface area contributed by atoms with E-state index in [-0.39, 0.29) is 22.6 Å². The molecule has 0 radical (unpaired) electrons. The Kier molecular flexibility index (Phi) is 3.71. The van der Waals surface area contributed by atoms with Crippen LogP contribution in [0.4, 0.5) is 5.69 Å². The summed E-state index contributed by atoms with van der Waals surface area (Å²) in [6.45, 7) is 7.37. The van der Waals surface area contributed by atoms with Crippen LogP contribution < -0.4 is 4.72 Å². The van der Waals surface area contributed by atoms with Crippen LogP contribution in [0.1, 0.15) is 26.3 Å². The normalized spacial score (nSPS) is 12.5. The van der Waals surface area contributed by atoms with E-state index in [2.05, 4.69) is 4.72 Å². The van der Waals surface area contributed by atoms with Gasteiger partial charge in [0.05, 0.1) is 11.4 Å². The molecule has 1 aromatic rings. The van der Waals surface area contributed by atoms with Crippen LogP contribution in [0.3, 0.4) is 0 Å². The smallest absolute Gasteiger partial charge is 0.233 e. The first-order valence-electron chi connectivity index (χ1n) is 5.39. The Hall–Kier alpha value is -1.23. The largest absolute Gasteiger partial charge is 0.506 e. The number of phenols is 1. The number of hydrogen-bond donors (Lipinski definition) is 2. The fraction of sp³-hybridized carbons (Fsp3) is 0.500. The minimum Gasteiger partial charge on any atom is -0.506 e. The van der Waals surface area contributed by atoms with Gasteiger partial charge < -0.3 is 5.11 Å². The predicted molar refractivity (Wildman–Crippen MR) is 69.7 cm³/mol. The number of aromatic hydroxyl groups is 1. The van der Waals surface area contributed by atoms with Gasteiger partial charge in [0, 0.05) is 0 Å². The van der Waals surface area contributed by atoms with Crippen molar-refractivity contribution in [2.24, 2.45) is 5.41 Å². The van der Waals surface area contributed by atoms with E-state index in [0.717, 1.165) is 5.56 Å². The highest BCUT2D eigenvalue weighted by atomic mass is 32.2. The molecule has 4 nitrogen and oxygen atoms in total. The quantitative estimate of drug-likeness (QED) is 0.817. The highest BCUT2D eigenvalue weighted by molar-refractivity contribution is 7.92. The van der Waals surface area contributed by atoms with Gasteiger partial charge in [0.15, 0.2) is 0 Å². The zero-order chi connectivity index (χ0) is 13.3. The molecule has 0 heterocycles. The summed E-state index contributed by atoms with van der Waals surface area (Å²) in [5.41, 5.74) is 0.771. The van der Waals surface area contributed by atoms with E-state index in [1.165, 1.54) is 6.07 Å². The SMILES string of the molecule is Cc1ccc(NS(=O)(=O)CC(C)(C)C)c(O)c1. The van der Waals surface area contributed by atoms with Crippen molar-refractivity contribution < 1.29 is 13.5 Å². The van der Waals surface area contributed by atoms with Crippen LogP contribution in [-0.2, 0) is 10.0 Å². The Balaban J connectivity index is 2.91. The molecule has 0 atom stereocenters. The molecule has 0 amide bonds. The summed E-state index contributed by atoms with van der Waals surface area (Å²) in [5.74, 6) is -0.0460. The first kappa shape index (κ1) is 13.8. The van der Waals surface area contributed by atoms with Crippen LogP contribution in [0, 0.1) is 12.3 Å². The first-order valence-corrected chi connectivity index (χ1v) is 7.04. The predicted octanol–water partition coefficient (Wildman–Crippen LogP) is 2.49. The van der Waals surface area contributed by atoms with Crippen LogP contribution in [0.15, 0.2) is 18.2 Å². The third-order valence-corrected chi connectivity index (χ3v) is 3.82. The second-order valence-electron chi connectivity index (χ2n) is 5.44. The standard InChI is InChI=1S/C12H19NO3S/c1-9-5-6-10(11(14)7-9)13-17(15,16)8-12(2,3)4/h5-7,13-14H,8H2,1-4H3. The molecule has 0 unspecified atom stereocenters. The molecule has 96 valence electrons. The molecular weight excluding hydrogens is 238 g/mol. The molecule has 2 N–H and O–H groups in total. The fourth-order valence-electron chi connectivity index (χ4n) is 1.50. The highest BCUT2D eigenvalue weighted by Crippen LogP contribution is 2.26. The molecule has 0 saturated carbocycles. The Morgan fingerprint density at radius 1 is 1.29 bits per heavy atom. The Morgan fingerprint density at radius 2 is 1.88 bits per heavy atom. The van der Waals surface area contributed by atoms with Crippen molar-refractivity contribution in [2.45, 2.75) is 27.7 Å². The Bertz CT molecular complexity index is 501. The number of phenolic OH excluding ortho intramolecular Hbond substituents is 1. The number of sulfonamides is 1. The van der Waals surface area contributed by atoms with Crippen molar-refractivity contribution in [3.63, 3.8) is 0 Å². The fourth-order valence-corrected chi connectivity index (χ4v) is 3.22. The molecule has 0 aliphatic carbocycles. The number of aryl methyl sites for hydroxylation is 1. The lowest BCUT2D eigenvalue weighted by Gasteiger charge is -2.19. The highest BCUT2D eigenvalue weighted by Gasteiger charge is 2.22. The molecule has 0 bridgehead atoms. The molecule has 0 aromatic heterocycles. The minimum atomic E-state index is -3.44. The van der Waals surface area contributed by atoms with Gasteiger partial charge in [0.25, 0.3) is 0 Å². The van der Waals surface area contributed by atoms with Crippen molar-refractivity contribution in [1.29, 1.82) is 0 Å². The topological polar surface area (TPSA) is 66.4 Å².